The van der Waals surface area contributed by atoms with Gasteiger partial charge in [-0.15, -0.1) is 0 Å². The zero-order valence-electron chi connectivity index (χ0n) is 11.5. The van der Waals surface area contributed by atoms with Crippen LogP contribution in [0.1, 0.15) is 23.2 Å². The van der Waals surface area contributed by atoms with Crippen LogP contribution in [0.25, 0.3) is 0 Å². The first-order valence-corrected chi connectivity index (χ1v) is 7.24. The number of methoxy groups -OCH3 is 2. The second-order valence-electron chi connectivity index (χ2n) is 4.80. The fourth-order valence-corrected chi connectivity index (χ4v) is 2.60. The zero-order chi connectivity index (χ0) is 14.7. The molecule has 110 valence electrons. The first-order chi connectivity index (χ1) is 9.56. The van der Waals surface area contributed by atoms with Crippen molar-refractivity contribution in [2.75, 3.05) is 20.8 Å². The molecule has 1 fully saturated rings. The summed E-state index contributed by atoms with van der Waals surface area (Å²) in [7, 11) is 3.04. The zero-order valence-corrected chi connectivity index (χ0v) is 13.1. The molecule has 0 saturated heterocycles. The van der Waals surface area contributed by atoms with E-state index < -0.39 is 6.10 Å². The largest absolute Gasteiger partial charge is 0.497 e. The second kappa shape index (κ2) is 6.45. The third kappa shape index (κ3) is 3.43. The van der Waals surface area contributed by atoms with Gasteiger partial charge in [-0.2, -0.15) is 0 Å². The summed E-state index contributed by atoms with van der Waals surface area (Å²) in [4.78, 5) is 12.2. The maximum Gasteiger partial charge on any atom is 0.255 e. The van der Waals surface area contributed by atoms with Gasteiger partial charge in [-0.1, -0.05) is 0 Å². The number of carbonyl (C=O) groups is 1. The summed E-state index contributed by atoms with van der Waals surface area (Å²) >= 11 is 3.35. The highest BCUT2D eigenvalue weighted by Gasteiger charge is 2.30. The normalized spacial score (nSPS) is 15.6. The number of aliphatic hydroxyl groups is 1. The molecule has 6 heteroatoms. The highest BCUT2D eigenvalue weighted by atomic mass is 79.9. The molecule has 0 bridgehead atoms. The van der Waals surface area contributed by atoms with E-state index in [1.165, 1.54) is 14.2 Å². The highest BCUT2D eigenvalue weighted by Crippen LogP contribution is 2.34. The smallest absolute Gasteiger partial charge is 0.255 e. The number of rotatable bonds is 6. The van der Waals surface area contributed by atoms with E-state index in [9.17, 15) is 9.90 Å². The van der Waals surface area contributed by atoms with E-state index in [4.69, 9.17) is 9.47 Å². The summed E-state index contributed by atoms with van der Waals surface area (Å²) in [5.74, 6) is 1.05. The van der Waals surface area contributed by atoms with Crippen LogP contribution in [0.3, 0.4) is 0 Å². The van der Waals surface area contributed by atoms with Crippen LogP contribution >= 0.6 is 15.9 Å². The number of benzene rings is 1. The van der Waals surface area contributed by atoms with Gasteiger partial charge in [0.15, 0.2) is 0 Å². The van der Waals surface area contributed by atoms with Gasteiger partial charge in [-0.25, -0.2) is 0 Å². The Morgan fingerprint density at radius 1 is 1.45 bits per heavy atom. The maximum atomic E-state index is 12.2. The lowest BCUT2D eigenvalue weighted by molar-refractivity contribution is 0.0897. The van der Waals surface area contributed by atoms with Gasteiger partial charge < -0.3 is 19.9 Å². The molecule has 1 aromatic carbocycles. The van der Waals surface area contributed by atoms with E-state index in [1.807, 2.05) is 0 Å². The van der Waals surface area contributed by atoms with Crippen molar-refractivity contribution in [3.8, 4) is 11.5 Å². The summed E-state index contributed by atoms with van der Waals surface area (Å²) in [6.45, 7) is 0.251. The fraction of sp³-hybridized carbons (Fsp3) is 0.500. The van der Waals surface area contributed by atoms with Crippen LogP contribution in [-0.4, -0.2) is 37.9 Å². The molecule has 0 aromatic heterocycles. The van der Waals surface area contributed by atoms with Crippen molar-refractivity contribution < 1.29 is 19.4 Å². The molecule has 1 aliphatic carbocycles. The summed E-state index contributed by atoms with van der Waals surface area (Å²) in [6, 6.07) is 3.34. The van der Waals surface area contributed by atoms with Gasteiger partial charge in [0, 0.05) is 6.54 Å². The number of halogens is 1. The number of carbonyl (C=O) groups excluding carboxylic acids is 1. The van der Waals surface area contributed by atoms with E-state index in [0.29, 0.717) is 27.5 Å². The van der Waals surface area contributed by atoms with Crippen molar-refractivity contribution >= 4 is 21.8 Å². The Labute approximate surface area is 126 Å². The molecular formula is C14H18BrNO4. The lowest BCUT2D eigenvalue weighted by Crippen LogP contribution is -2.33. The van der Waals surface area contributed by atoms with Crippen LogP contribution in [0, 0.1) is 5.92 Å². The van der Waals surface area contributed by atoms with Crippen LogP contribution in [0.5, 0.6) is 11.5 Å². The number of nitrogens with one attached hydrogen (secondary N) is 1. The summed E-state index contributed by atoms with van der Waals surface area (Å²) in [5, 5.41) is 12.5. The standard InChI is InChI=1S/C14H18BrNO4/c1-19-9-5-10(13(20-2)11(15)6-9)14(18)16-7-12(17)8-3-4-8/h5-6,8,12,17H,3-4,7H2,1-2H3,(H,16,18). The molecule has 1 aromatic rings. The number of hydrogen-bond acceptors (Lipinski definition) is 4. The topological polar surface area (TPSA) is 67.8 Å². The van der Waals surface area contributed by atoms with Crippen molar-refractivity contribution in [3.05, 3.63) is 22.2 Å². The van der Waals surface area contributed by atoms with Crippen LogP contribution in [0.15, 0.2) is 16.6 Å². The monoisotopic (exact) mass is 343 g/mol. The van der Waals surface area contributed by atoms with Crippen LogP contribution in [0.2, 0.25) is 0 Å². The molecule has 2 rings (SSSR count). The van der Waals surface area contributed by atoms with Gasteiger partial charge in [0.2, 0.25) is 0 Å². The Balaban J connectivity index is 2.12. The molecule has 0 spiro atoms. The van der Waals surface area contributed by atoms with E-state index in [1.54, 1.807) is 12.1 Å². The van der Waals surface area contributed by atoms with Gasteiger partial charge in [0.05, 0.1) is 30.4 Å². The number of hydrogen-bond donors (Lipinski definition) is 2. The Hall–Kier alpha value is -1.27. The van der Waals surface area contributed by atoms with E-state index >= 15 is 0 Å². The molecular weight excluding hydrogens is 326 g/mol. The molecule has 1 saturated carbocycles. The second-order valence-corrected chi connectivity index (χ2v) is 5.66. The molecule has 0 radical (unpaired) electrons. The summed E-state index contributed by atoms with van der Waals surface area (Å²) in [5.41, 5.74) is 0.377. The molecule has 2 N–H and O–H groups in total. The van der Waals surface area contributed by atoms with Crippen molar-refractivity contribution in [2.24, 2.45) is 5.92 Å². The molecule has 0 aliphatic heterocycles. The van der Waals surface area contributed by atoms with Crippen LogP contribution in [-0.2, 0) is 0 Å². The Bertz CT molecular complexity index is 502. The predicted octanol–water partition coefficient (Wildman–Crippen LogP) is 1.97. The van der Waals surface area contributed by atoms with Crippen LogP contribution < -0.4 is 14.8 Å². The lowest BCUT2D eigenvalue weighted by atomic mass is 10.1. The molecule has 5 nitrogen and oxygen atoms in total. The fourth-order valence-electron chi connectivity index (χ4n) is 2.00. The minimum atomic E-state index is -0.473. The molecule has 1 unspecified atom stereocenters. The molecule has 20 heavy (non-hydrogen) atoms. The van der Waals surface area contributed by atoms with E-state index in [2.05, 4.69) is 21.2 Å². The quantitative estimate of drug-likeness (QED) is 0.828. The third-order valence-corrected chi connectivity index (χ3v) is 3.93. The summed E-state index contributed by atoms with van der Waals surface area (Å²) in [6.07, 6.45) is 1.59. The minimum absolute atomic E-state index is 0.251. The first-order valence-electron chi connectivity index (χ1n) is 6.44. The van der Waals surface area contributed by atoms with Crippen molar-refractivity contribution in [2.45, 2.75) is 18.9 Å². The third-order valence-electron chi connectivity index (χ3n) is 3.34. The van der Waals surface area contributed by atoms with E-state index in [-0.39, 0.29) is 12.5 Å². The molecule has 1 aliphatic rings. The Kier molecular flexibility index (Phi) is 4.88. The highest BCUT2D eigenvalue weighted by molar-refractivity contribution is 9.10. The molecule has 1 amide bonds. The Morgan fingerprint density at radius 3 is 2.70 bits per heavy atom. The number of amides is 1. The average molecular weight is 344 g/mol. The average Bonchev–Trinajstić information content (AvgIpc) is 3.27. The molecule has 0 heterocycles. The number of aliphatic hydroxyl groups excluding tert-OH is 1. The van der Waals surface area contributed by atoms with Gasteiger partial charge in [-0.05, 0) is 46.8 Å². The van der Waals surface area contributed by atoms with Gasteiger partial charge in [0.1, 0.15) is 11.5 Å². The lowest BCUT2D eigenvalue weighted by Gasteiger charge is -2.14. The van der Waals surface area contributed by atoms with E-state index in [0.717, 1.165) is 12.8 Å². The number of ether oxygens (including phenoxy) is 2. The van der Waals surface area contributed by atoms with Crippen molar-refractivity contribution in [3.63, 3.8) is 0 Å². The minimum Gasteiger partial charge on any atom is -0.497 e. The summed E-state index contributed by atoms with van der Waals surface area (Å²) < 4.78 is 11.0. The maximum absolute atomic E-state index is 12.2. The SMILES string of the molecule is COc1cc(Br)c(OC)c(C(=O)NCC(O)C2CC2)c1. The Morgan fingerprint density at radius 2 is 2.15 bits per heavy atom. The molecule has 1 atom stereocenters. The first kappa shape index (κ1) is 15.1. The van der Waals surface area contributed by atoms with Crippen LogP contribution in [0.4, 0.5) is 0 Å². The predicted molar refractivity (Wildman–Crippen MR) is 78.3 cm³/mol. The van der Waals surface area contributed by atoms with Crippen molar-refractivity contribution in [1.82, 2.24) is 5.32 Å². The van der Waals surface area contributed by atoms with Gasteiger partial charge in [-0.3, -0.25) is 4.79 Å². The van der Waals surface area contributed by atoms with Gasteiger partial charge >= 0.3 is 0 Å². The van der Waals surface area contributed by atoms with Gasteiger partial charge in [0.25, 0.3) is 5.91 Å². The van der Waals surface area contributed by atoms with Crippen molar-refractivity contribution in [1.29, 1.82) is 0 Å².